The molecule has 0 bridgehead atoms. The van der Waals surface area contributed by atoms with Crippen LogP contribution in [0.5, 0.6) is 0 Å². The Hall–Kier alpha value is -1.10. The summed E-state index contributed by atoms with van der Waals surface area (Å²) < 4.78 is 5.48. The maximum atomic E-state index is 12.4. The van der Waals surface area contributed by atoms with Crippen molar-refractivity contribution in [1.29, 1.82) is 0 Å². The third kappa shape index (κ3) is 5.44. The highest BCUT2D eigenvalue weighted by Gasteiger charge is 2.25. The Morgan fingerprint density at radius 3 is 2.64 bits per heavy atom. The van der Waals surface area contributed by atoms with Gasteiger partial charge in [-0.1, -0.05) is 49.1 Å². The second-order valence-corrected chi connectivity index (χ2v) is 7.61. The van der Waals surface area contributed by atoms with Crippen LogP contribution in [-0.4, -0.2) is 43.7 Å². The van der Waals surface area contributed by atoms with Gasteiger partial charge in [-0.05, 0) is 30.4 Å². The number of benzene rings is 1. The Balaban J connectivity index is 1.61. The summed E-state index contributed by atoms with van der Waals surface area (Å²) in [6.45, 7) is 3.81. The third-order valence-electron chi connectivity index (χ3n) is 5.44. The van der Waals surface area contributed by atoms with Crippen LogP contribution >= 0.6 is 11.6 Å². The third-order valence-corrected chi connectivity index (χ3v) is 5.79. The quantitative estimate of drug-likeness (QED) is 0.834. The summed E-state index contributed by atoms with van der Waals surface area (Å²) in [5.41, 5.74) is 1.09. The van der Waals surface area contributed by atoms with E-state index in [4.69, 9.17) is 16.3 Å². The van der Waals surface area contributed by atoms with Gasteiger partial charge in [0.15, 0.2) is 0 Å². The number of carbonyl (C=O) groups is 1. The molecule has 1 aromatic carbocycles. The largest absolute Gasteiger partial charge is 0.379 e. The van der Waals surface area contributed by atoms with Gasteiger partial charge in [-0.3, -0.25) is 9.69 Å². The van der Waals surface area contributed by atoms with E-state index in [1.54, 1.807) is 0 Å². The van der Waals surface area contributed by atoms with Crippen LogP contribution in [0.4, 0.5) is 0 Å². The first-order chi connectivity index (χ1) is 12.2. The summed E-state index contributed by atoms with van der Waals surface area (Å²) in [5.74, 6) is 0.744. The normalized spacial score (nSPS) is 21.0. The highest BCUT2D eigenvalue weighted by molar-refractivity contribution is 6.31. The fourth-order valence-corrected chi connectivity index (χ4v) is 4.27. The molecule has 0 spiro atoms. The van der Waals surface area contributed by atoms with Gasteiger partial charge < -0.3 is 10.1 Å². The molecule has 3 rings (SSSR count). The first-order valence-corrected chi connectivity index (χ1v) is 9.95. The van der Waals surface area contributed by atoms with E-state index in [9.17, 15) is 4.79 Å². The van der Waals surface area contributed by atoms with Crippen LogP contribution in [0.25, 0.3) is 0 Å². The fraction of sp³-hybridized carbons (Fsp3) is 0.650. The van der Waals surface area contributed by atoms with Crippen LogP contribution in [0.1, 0.15) is 50.1 Å². The van der Waals surface area contributed by atoms with Gasteiger partial charge in [0, 0.05) is 31.1 Å². The van der Waals surface area contributed by atoms with Gasteiger partial charge in [-0.25, -0.2) is 0 Å². The van der Waals surface area contributed by atoms with Crippen molar-refractivity contribution >= 4 is 17.5 Å². The predicted octanol–water partition coefficient (Wildman–Crippen LogP) is 3.80. The Labute approximate surface area is 155 Å². The number of halogens is 1. The van der Waals surface area contributed by atoms with E-state index < -0.39 is 0 Å². The van der Waals surface area contributed by atoms with E-state index in [0.717, 1.165) is 36.9 Å². The molecule has 0 radical (unpaired) electrons. The van der Waals surface area contributed by atoms with Gasteiger partial charge in [-0.2, -0.15) is 0 Å². The summed E-state index contributed by atoms with van der Waals surface area (Å²) >= 11 is 6.44. The van der Waals surface area contributed by atoms with Crippen LogP contribution in [0.3, 0.4) is 0 Å². The Kier molecular flexibility index (Phi) is 7.14. The number of nitrogens with one attached hydrogen (secondary N) is 1. The van der Waals surface area contributed by atoms with Gasteiger partial charge in [0.25, 0.3) is 0 Å². The van der Waals surface area contributed by atoms with Gasteiger partial charge in [0.2, 0.25) is 5.91 Å². The Bertz CT molecular complexity index is 554. The van der Waals surface area contributed by atoms with E-state index in [1.165, 1.54) is 32.1 Å². The summed E-state index contributed by atoms with van der Waals surface area (Å²) in [6, 6.07) is 8.06. The molecule has 1 unspecified atom stereocenters. The molecular formula is C20H29ClN2O2. The van der Waals surface area contributed by atoms with Crippen molar-refractivity contribution in [2.45, 2.75) is 44.6 Å². The van der Waals surface area contributed by atoms with Gasteiger partial charge >= 0.3 is 0 Å². The minimum Gasteiger partial charge on any atom is -0.379 e. The zero-order valence-electron chi connectivity index (χ0n) is 14.9. The maximum Gasteiger partial charge on any atom is 0.220 e. The lowest BCUT2D eigenvalue weighted by atomic mass is 9.87. The summed E-state index contributed by atoms with van der Waals surface area (Å²) in [4.78, 5) is 14.8. The van der Waals surface area contributed by atoms with Gasteiger partial charge in [0.1, 0.15) is 0 Å². The van der Waals surface area contributed by atoms with Crippen molar-refractivity contribution in [3.63, 3.8) is 0 Å². The molecular weight excluding hydrogens is 336 g/mol. The Morgan fingerprint density at radius 1 is 1.20 bits per heavy atom. The molecule has 5 heteroatoms. The topological polar surface area (TPSA) is 41.6 Å². The molecule has 1 amide bonds. The number of amides is 1. The van der Waals surface area contributed by atoms with E-state index >= 15 is 0 Å². The van der Waals surface area contributed by atoms with Crippen molar-refractivity contribution in [2.75, 3.05) is 32.8 Å². The van der Waals surface area contributed by atoms with Crippen LogP contribution < -0.4 is 5.32 Å². The van der Waals surface area contributed by atoms with Crippen LogP contribution in [0.2, 0.25) is 5.02 Å². The highest BCUT2D eigenvalue weighted by atomic mass is 35.5. The standard InChI is InChI=1S/C20H29ClN2O2/c21-18-9-5-4-8-17(18)19(23-10-12-25-13-11-23)15-22-20(24)14-16-6-2-1-3-7-16/h4-5,8-9,16,19H,1-3,6-7,10-15H2,(H,22,24). The fourth-order valence-electron chi connectivity index (χ4n) is 4.01. The molecule has 1 N–H and O–H groups in total. The van der Waals surface area contributed by atoms with E-state index in [0.29, 0.717) is 18.9 Å². The second-order valence-electron chi connectivity index (χ2n) is 7.20. The van der Waals surface area contributed by atoms with Gasteiger partial charge in [0.05, 0.1) is 19.3 Å². The molecule has 1 aliphatic carbocycles. The summed E-state index contributed by atoms with van der Waals surface area (Å²) in [7, 11) is 0. The van der Waals surface area contributed by atoms with Gasteiger partial charge in [-0.15, -0.1) is 0 Å². The minimum absolute atomic E-state index is 0.105. The van der Waals surface area contributed by atoms with E-state index in [1.807, 2.05) is 18.2 Å². The van der Waals surface area contributed by atoms with Crippen molar-refractivity contribution in [3.8, 4) is 0 Å². The lowest BCUT2D eigenvalue weighted by molar-refractivity contribution is -0.122. The van der Waals surface area contributed by atoms with Crippen molar-refractivity contribution < 1.29 is 9.53 Å². The number of morpholine rings is 1. The number of ether oxygens (including phenoxy) is 1. The summed E-state index contributed by atoms with van der Waals surface area (Å²) in [6.07, 6.45) is 6.93. The molecule has 1 aliphatic heterocycles. The molecule has 138 valence electrons. The number of nitrogens with zero attached hydrogens (tertiary/aromatic N) is 1. The lowest BCUT2D eigenvalue weighted by Crippen LogP contribution is -2.44. The summed E-state index contributed by atoms with van der Waals surface area (Å²) in [5, 5.41) is 3.94. The van der Waals surface area contributed by atoms with E-state index in [-0.39, 0.29) is 11.9 Å². The number of hydrogen-bond acceptors (Lipinski definition) is 3. The molecule has 2 aliphatic rings. The Morgan fingerprint density at radius 2 is 1.92 bits per heavy atom. The average molecular weight is 365 g/mol. The predicted molar refractivity (Wildman–Crippen MR) is 101 cm³/mol. The number of hydrogen-bond donors (Lipinski definition) is 1. The minimum atomic E-state index is 0.105. The second kappa shape index (κ2) is 9.56. The van der Waals surface area contributed by atoms with E-state index in [2.05, 4.69) is 16.3 Å². The van der Waals surface area contributed by atoms with Crippen molar-refractivity contribution in [1.82, 2.24) is 10.2 Å². The molecule has 0 aromatic heterocycles. The molecule has 2 fully saturated rings. The molecule has 4 nitrogen and oxygen atoms in total. The molecule has 1 aromatic rings. The molecule has 1 saturated heterocycles. The maximum absolute atomic E-state index is 12.4. The smallest absolute Gasteiger partial charge is 0.220 e. The van der Waals surface area contributed by atoms with Crippen LogP contribution in [-0.2, 0) is 9.53 Å². The monoisotopic (exact) mass is 364 g/mol. The molecule has 1 heterocycles. The number of rotatable bonds is 6. The number of carbonyl (C=O) groups excluding carboxylic acids is 1. The van der Waals surface area contributed by atoms with Crippen molar-refractivity contribution in [3.05, 3.63) is 34.9 Å². The van der Waals surface area contributed by atoms with Crippen molar-refractivity contribution in [2.24, 2.45) is 5.92 Å². The molecule has 25 heavy (non-hydrogen) atoms. The average Bonchev–Trinajstić information content (AvgIpc) is 2.65. The van der Waals surface area contributed by atoms with Crippen LogP contribution in [0, 0.1) is 5.92 Å². The lowest BCUT2D eigenvalue weighted by Gasteiger charge is -2.35. The zero-order valence-corrected chi connectivity index (χ0v) is 15.6. The molecule has 1 atom stereocenters. The first kappa shape index (κ1) is 18.7. The SMILES string of the molecule is O=C(CC1CCCCC1)NCC(c1ccccc1Cl)N1CCOCC1. The first-order valence-electron chi connectivity index (χ1n) is 9.57. The van der Waals surface area contributed by atoms with Crippen LogP contribution in [0.15, 0.2) is 24.3 Å². The molecule has 1 saturated carbocycles. The zero-order chi connectivity index (χ0) is 17.5. The highest BCUT2D eigenvalue weighted by Crippen LogP contribution is 2.29.